The predicted molar refractivity (Wildman–Crippen MR) is 405 cm³/mol. The number of phenolic OH excluding ortho intramolecular Hbond substituents is 2. The Kier molecular flexibility index (Phi) is 28.0. The number of unbranched alkanes of at least 4 members (excludes halogenated alkanes) is 1. The Morgan fingerprint density at radius 3 is 1.84 bits per heavy atom. The fourth-order valence-electron chi connectivity index (χ4n) is 15.1. The molecule has 15 N–H and O–H groups in total. The van der Waals surface area contributed by atoms with Crippen molar-refractivity contribution < 1.29 is 112 Å². The summed E-state index contributed by atoms with van der Waals surface area (Å²) in [7, 11) is 0. The lowest BCUT2D eigenvalue weighted by Crippen LogP contribution is -2.62. The molecule has 4 fully saturated rings. The average Bonchev–Trinajstić information content (AvgIpc) is 1.58. The number of carbonyl (C=O) groups excluding carboxylic acids is 11. The van der Waals surface area contributed by atoms with Gasteiger partial charge in [0.05, 0.1) is 36.1 Å². The van der Waals surface area contributed by atoms with E-state index < -0.39 is 188 Å². The number of likely N-dealkylation sites (tertiary alicyclic amines) is 4. The van der Waals surface area contributed by atoms with Gasteiger partial charge in [0.1, 0.15) is 83.5 Å². The first-order valence-electron chi connectivity index (χ1n) is 37.7. The summed E-state index contributed by atoms with van der Waals surface area (Å²) in [5.41, 5.74) is 6.87. The molecule has 0 bridgehead atoms. The number of fused-ring (bicyclic) bond motifs is 6. The number of aromatic hydroxyl groups is 2. The van der Waals surface area contributed by atoms with Gasteiger partial charge in [-0.25, -0.2) is 4.79 Å². The van der Waals surface area contributed by atoms with Crippen molar-refractivity contribution in [1.29, 1.82) is 5.26 Å². The average molecular weight is 1610 g/mol. The maximum Gasteiger partial charge on any atom is 0.340 e. The highest BCUT2D eigenvalue weighted by Gasteiger charge is 2.55. The van der Waals surface area contributed by atoms with Gasteiger partial charge in [-0.15, -0.1) is 0 Å². The van der Waals surface area contributed by atoms with E-state index in [-0.39, 0.29) is 104 Å². The third-order valence-corrected chi connectivity index (χ3v) is 21.1. The van der Waals surface area contributed by atoms with Gasteiger partial charge in [0.2, 0.25) is 59.1 Å². The highest BCUT2D eigenvalue weighted by atomic mass is 32.1. The number of esters is 1. The summed E-state index contributed by atoms with van der Waals surface area (Å²) in [5.74, 6) is -13.1. The van der Waals surface area contributed by atoms with Gasteiger partial charge >= 0.3 is 23.9 Å². The number of thiocarbonyl (C=S) groups is 1. The highest BCUT2D eigenvalue weighted by molar-refractivity contribution is 7.80. The Bertz CT molecular complexity index is 4480. The van der Waals surface area contributed by atoms with Gasteiger partial charge in [0, 0.05) is 92.8 Å². The standard InChI is InChI=1S/C77H90N14O23S/c1-40(72(108)90-30-6-4-9-57(90)74(110)91-39-47(114-81-38-43-15-13-42(37-78)14-16-43)36-58(91)70(106)85-53(24-27-63(98)99)67(103)84-52(66(79)102)23-26-62(96)97)82-71(107)65(41(2)92)87-69(105)56-11-8-32-89(56)73(109)54(25-28-64(100)101)86-68(104)55-10-7-31-88(55)61(95)12-3-5-29-80-76(115)83-44-17-20-48-51(33-44)77(113-75(48)111)49-21-18-45(93)34-59(49)112-60-35-46(94)19-22-50(60)77/h13-22,33-35,38,40-41,47,52-58,65,92-94H,3-12,23-32,36,39H2,1-2H3,(H2,79,102)(H,82,107)(H,84,103)(H,85,106)(H,86,104)(H,87,105)(H,96,97)(H,98,99)(H,100,101)(H2,80,83,115)/b81-38-/t40-,41+,47+,52-,53-,54-,55-,56-,57?,58-,65-/m0/s1. The van der Waals surface area contributed by atoms with Crippen LogP contribution in [-0.2, 0) is 77.5 Å². The molecule has 1 spiro atoms. The first-order chi connectivity index (χ1) is 54.8. The monoisotopic (exact) mass is 1610 g/mol. The lowest BCUT2D eigenvalue weighted by atomic mass is 9.77. The number of ether oxygens (including phenoxy) is 2. The second-order valence-corrected chi connectivity index (χ2v) is 29.3. The van der Waals surface area contributed by atoms with Crippen molar-refractivity contribution in [2.75, 3.05) is 38.0 Å². The number of aliphatic hydroxyl groups excluding tert-OH is 1. The van der Waals surface area contributed by atoms with Crippen LogP contribution in [0.5, 0.6) is 23.0 Å². The molecule has 4 saturated heterocycles. The molecule has 0 radical (unpaired) electrons. The number of amides is 10. The molecule has 115 heavy (non-hydrogen) atoms. The van der Waals surface area contributed by atoms with Crippen LogP contribution in [0.1, 0.15) is 161 Å². The zero-order valence-electron chi connectivity index (χ0n) is 62.8. The van der Waals surface area contributed by atoms with Crippen molar-refractivity contribution in [2.24, 2.45) is 10.9 Å². The van der Waals surface area contributed by atoms with E-state index in [0.29, 0.717) is 72.2 Å². The normalized spacial score (nSPS) is 19.9. The number of nitriles is 1. The number of nitrogens with two attached hydrogens (primary N) is 1. The first kappa shape index (κ1) is 84.9. The topological polar surface area (TPSA) is 547 Å². The molecule has 10 rings (SSSR count). The zero-order valence-corrected chi connectivity index (χ0v) is 63.6. The number of nitrogens with zero attached hydrogens (tertiary/aromatic N) is 6. The number of oxime groups is 1. The molecular weight excluding hydrogens is 1520 g/mol. The van der Waals surface area contributed by atoms with E-state index in [9.17, 15) is 98.2 Å². The molecule has 37 nitrogen and oxygen atoms in total. The fourth-order valence-corrected chi connectivity index (χ4v) is 15.3. The number of aliphatic carboxylic acids is 3. The van der Waals surface area contributed by atoms with Crippen LogP contribution in [-0.4, -0.2) is 244 Å². The summed E-state index contributed by atoms with van der Waals surface area (Å²) < 4.78 is 12.2. The van der Waals surface area contributed by atoms with Crippen LogP contribution >= 0.6 is 12.2 Å². The number of aliphatic hydroxyl groups is 1. The summed E-state index contributed by atoms with van der Waals surface area (Å²) in [5, 5.41) is 92.4. The van der Waals surface area contributed by atoms with Gasteiger partial charge in [-0.3, -0.25) is 62.3 Å². The quantitative estimate of drug-likeness (QED) is 0.0105. The number of piperidine rings is 1. The number of nitrogens with one attached hydrogen (secondary N) is 7. The fraction of sp³-hybridized carbons (Fsp3) is 0.468. The molecule has 0 aliphatic carbocycles. The van der Waals surface area contributed by atoms with Gasteiger partial charge < -0.3 is 108 Å². The molecule has 11 atom stereocenters. The van der Waals surface area contributed by atoms with Gasteiger partial charge in [-0.2, -0.15) is 5.26 Å². The van der Waals surface area contributed by atoms with Gasteiger partial charge in [0.15, 0.2) is 10.7 Å². The van der Waals surface area contributed by atoms with Crippen molar-refractivity contribution in [3.8, 4) is 29.1 Å². The van der Waals surface area contributed by atoms with Crippen LogP contribution in [0.3, 0.4) is 0 Å². The molecule has 0 aromatic heterocycles. The van der Waals surface area contributed by atoms with Crippen molar-refractivity contribution >= 4 is 112 Å². The van der Waals surface area contributed by atoms with E-state index in [1.54, 1.807) is 42.5 Å². The molecular formula is C77H90N14O23S. The minimum Gasteiger partial charge on any atom is -0.508 e. The lowest BCUT2D eigenvalue weighted by molar-refractivity contribution is -0.151. The maximum absolute atomic E-state index is 15.0. The third kappa shape index (κ3) is 20.5. The minimum absolute atomic E-state index is 0.0179. The van der Waals surface area contributed by atoms with Crippen LogP contribution in [0.15, 0.2) is 84.0 Å². The Morgan fingerprint density at radius 2 is 1.22 bits per heavy atom. The predicted octanol–water partition coefficient (Wildman–Crippen LogP) is 1.28. The number of rotatable bonds is 33. The third-order valence-electron chi connectivity index (χ3n) is 20.9. The van der Waals surface area contributed by atoms with Crippen LogP contribution in [0.4, 0.5) is 5.69 Å². The van der Waals surface area contributed by atoms with Crippen molar-refractivity contribution in [3.63, 3.8) is 0 Å². The summed E-state index contributed by atoms with van der Waals surface area (Å²) >= 11 is 5.63. The van der Waals surface area contributed by atoms with Crippen molar-refractivity contribution in [3.05, 3.63) is 112 Å². The van der Waals surface area contributed by atoms with Gasteiger partial charge in [-0.1, -0.05) is 17.3 Å². The Hall–Kier alpha value is -12.5. The summed E-state index contributed by atoms with van der Waals surface area (Å²) in [6.07, 6.45) is -2.41. The number of hydrogen-bond acceptors (Lipinski definition) is 23. The largest absolute Gasteiger partial charge is 0.508 e. The van der Waals surface area contributed by atoms with Crippen molar-refractivity contribution in [2.45, 2.75) is 195 Å². The van der Waals surface area contributed by atoms with Crippen LogP contribution in [0.25, 0.3) is 0 Å². The number of primary amides is 1. The van der Waals surface area contributed by atoms with Crippen molar-refractivity contribution in [1.82, 2.24) is 51.5 Å². The number of hydrogen-bond donors (Lipinski definition) is 14. The first-order valence-corrected chi connectivity index (χ1v) is 38.1. The Labute approximate surface area is 663 Å². The van der Waals surface area contributed by atoms with Crippen LogP contribution in [0.2, 0.25) is 0 Å². The molecule has 0 saturated carbocycles. The molecule has 1 unspecified atom stereocenters. The zero-order chi connectivity index (χ0) is 83.1. The van der Waals surface area contributed by atoms with Gasteiger partial charge in [-0.05, 0) is 163 Å². The highest BCUT2D eigenvalue weighted by Crippen LogP contribution is 2.57. The van der Waals surface area contributed by atoms with E-state index in [1.807, 2.05) is 6.07 Å². The van der Waals surface area contributed by atoms with E-state index in [0.717, 1.165) is 9.80 Å². The molecule has 4 aromatic rings. The Balaban J connectivity index is 0.734. The molecule has 4 aromatic carbocycles. The maximum atomic E-state index is 15.0. The summed E-state index contributed by atoms with van der Waals surface area (Å²) in [6.45, 7) is 2.56. The second kappa shape index (κ2) is 37.9. The SMILES string of the molecule is C[C@H](NC(=O)[C@@H](NC(=O)[C@@H]1CCCN1C(=O)[C@H](CCC(=O)O)NC(=O)[C@@H]1CCCN1C(=O)CCCCNC(=S)Nc1ccc2c(c1)C1(OC2=O)c2ccc(O)cc2Oc2cc(O)ccc21)[C@@H](C)O)C(=O)N1CCCCC1C(=O)N1C[C@H](O/N=C\c2ccc(C#N)cc2)C[C@H]1C(=O)N[C@@H](CCC(=O)O)C(=O)N[C@@H](CCC(=O)O)C(N)=O. The molecule has 612 valence electrons. The molecule has 6 aliphatic rings. The van der Waals surface area contributed by atoms with E-state index in [4.69, 9.17) is 32.3 Å². The molecule has 6 aliphatic heterocycles. The second-order valence-electron chi connectivity index (χ2n) is 28.9. The van der Waals surface area contributed by atoms with E-state index in [2.05, 4.69) is 42.4 Å². The Morgan fingerprint density at radius 1 is 0.643 bits per heavy atom. The molecule has 38 heteroatoms. The smallest absolute Gasteiger partial charge is 0.340 e. The number of benzene rings is 4. The minimum atomic E-state index is -1.78. The number of carboxylic acids is 3. The molecule has 6 heterocycles. The summed E-state index contributed by atoms with van der Waals surface area (Å²) in [6, 6.07) is 8.86. The number of phenols is 2. The number of carboxylic acid groups (broad SMARTS) is 3. The van der Waals surface area contributed by atoms with E-state index >= 15 is 4.79 Å². The number of anilines is 1. The summed E-state index contributed by atoms with van der Waals surface area (Å²) in [4.78, 5) is 200. The van der Waals surface area contributed by atoms with Gasteiger partial charge in [0.25, 0.3) is 0 Å². The van der Waals surface area contributed by atoms with Crippen LogP contribution < -0.4 is 47.7 Å². The van der Waals surface area contributed by atoms with E-state index in [1.165, 1.54) is 66.3 Å². The lowest BCUT2D eigenvalue weighted by Gasteiger charge is -2.39. The van der Waals surface area contributed by atoms with Crippen LogP contribution in [0, 0.1) is 11.3 Å². The number of carbonyl (C=O) groups is 14. The molecule has 10 amide bonds.